The molecular formula is C22H18ClF4N3O2. The largest absolute Gasteiger partial charge is 0.490 e. The van der Waals surface area contributed by atoms with Crippen LogP contribution in [0, 0.1) is 5.82 Å². The molecule has 0 bridgehead atoms. The molecular weight excluding hydrogens is 450 g/mol. The highest BCUT2D eigenvalue weighted by molar-refractivity contribution is 6.32. The fourth-order valence-corrected chi connectivity index (χ4v) is 2.92. The van der Waals surface area contributed by atoms with Gasteiger partial charge in [0.15, 0.2) is 11.5 Å². The number of ether oxygens (including phenoxy) is 2. The van der Waals surface area contributed by atoms with E-state index in [1.165, 1.54) is 24.4 Å². The van der Waals surface area contributed by atoms with Crippen molar-refractivity contribution in [3.63, 3.8) is 0 Å². The molecule has 0 saturated carbocycles. The number of hydrogen-bond acceptors (Lipinski definition) is 5. The molecule has 1 N–H and O–H groups in total. The van der Waals surface area contributed by atoms with E-state index in [1.807, 2.05) is 0 Å². The van der Waals surface area contributed by atoms with Gasteiger partial charge in [-0.15, -0.1) is 0 Å². The topological polar surface area (TPSA) is 55.7 Å². The summed E-state index contributed by atoms with van der Waals surface area (Å²) in [5.74, 6) is 0.432. The van der Waals surface area contributed by atoms with Gasteiger partial charge in [-0.1, -0.05) is 23.7 Å². The first-order valence-electron chi connectivity index (χ1n) is 9.42. The van der Waals surface area contributed by atoms with Crippen molar-refractivity contribution in [3.05, 3.63) is 82.3 Å². The normalized spacial score (nSPS) is 11.6. The maximum absolute atomic E-state index is 13.4. The maximum Gasteiger partial charge on any atom is 0.417 e. The van der Waals surface area contributed by atoms with Gasteiger partial charge in [0.1, 0.15) is 18.2 Å². The van der Waals surface area contributed by atoms with Crippen LogP contribution in [-0.4, -0.2) is 17.8 Å². The number of anilines is 1. The fourth-order valence-electron chi connectivity index (χ4n) is 2.65. The van der Waals surface area contributed by atoms with Crippen LogP contribution >= 0.6 is 11.6 Å². The lowest BCUT2D eigenvalue weighted by Gasteiger charge is -2.14. The van der Waals surface area contributed by atoms with E-state index in [2.05, 4.69) is 15.5 Å². The van der Waals surface area contributed by atoms with Crippen LogP contribution in [-0.2, 0) is 12.8 Å². The predicted octanol–water partition coefficient (Wildman–Crippen LogP) is 6.32. The maximum atomic E-state index is 13.4. The number of benzene rings is 2. The summed E-state index contributed by atoms with van der Waals surface area (Å²) >= 11 is 6.34. The van der Waals surface area contributed by atoms with Crippen LogP contribution in [0.15, 0.2) is 59.8 Å². The van der Waals surface area contributed by atoms with E-state index < -0.39 is 11.7 Å². The van der Waals surface area contributed by atoms with E-state index in [0.29, 0.717) is 35.4 Å². The predicted molar refractivity (Wildman–Crippen MR) is 114 cm³/mol. The van der Waals surface area contributed by atoms with Crippen molar-refractivity contribution in [2.24, 2.45) is 5.10 Å². The number of rotatable bonds is 8. The van der Waals surface area contributed by atoms with Gasteiger partial charge in [-0.25, -0.2) is 9.37 Å². The minimum absolute atomic E-state index is 0.0894. The molecule has 0 spiro atoms. The molecule has 0 radical (unpaired) electrons. The zero-order chi connectivity index (χ0) is 23.1. The zero-order valence-electron chi connectivity index (χ0n) is 16.8. The first-order chi connectivity index (χ1) is 15.3. The molecule has 0 aliphatic rings. The Hall–Kier alpha value is -3.33. The lowest BCUT2D eigenvalue weighted by atomic mass is 10.2. The Labute approximate surface area is 186 Å². The Morgan fingerprint density at radius 1 is 1.12 bits per heavy atom. The average Bonchev–Trinajstić information content (AvgIpc) is 2.73. The van der Waals surface area contributed by atoms with Crippen LogP contribution in [0.25, 0.3) is 0 Å². The summed E-state index contributed by atoms with van der Waals surface area (Å²) in [6.07, 6.45) is -2.34. The summed E-state index contributed by atoms with van der Waals surface area (Å²) in [6, 6.07) is 11.3. The Bertz CT molecular complexity index is 1090. The molecule has 1 aromatic heterocycles. The zero-order valence-corrected chi connectivity index (χ0v) is 17.5. The van der Waals surface area contributed by atoms with Crippen molar-refractivity contribution >= 4 is 23.6 Å². The first-order valence-corrected chi connectivity index (χ1v) is 9.80. The van der Waals surface area contributed by atoms with Crippen LogP contribution in [0.3, 0.4) is 0 Å². The number of hydrogen-bond donors (Lipinski definition) is 1. The summed E-state index contributed by atoms with van der Waals surface area (Å²) < 4.78 is 62.5. The number of nitrogens with zero attached hydrogens (tertiary/aromatic N) is 2. The van der Waals surface area contributed by atoms with Gasteiger partial charge in [-0.2, -0.15) is 18.3 Å². The molecule has 1 heterocycles. The molecule has 32 heavy (non-hydrogen) atoms. The minimum atomic E-state index is -4.46. The number of pyridine rings is 1. The second-order valence-electron chi connectivity index (χ2n) is 6.48. The van der Waals surface area contributed by atoms with Crippen LogP contribution in [0.2, 0.25) is 5.02 Å². The van der Waals surface area contributed by atoms with Gasteiger partial charge in [-0.3, -0.25) is 5.43 Å². The van der Waals surface area contributed by atoms with E-state index in [0.717, 1.165) is 6.07 Å². The highest BCUT2D eigenvalue weighted by Crippen LogP contribution is 2.37. The Balaban J connectivity index is 1.71. The molecule has 0 aliphatic carbocycles. The van der Waals surface area contributed by atoms with E-state index in [-0.39, 0.29) is 23.3 Å². The molecule has 3 rings (SSSR count). The van der Waals surface area contributed by atoms with Crippen LogP contribution < -0.4 is 14.9 Å². The monoisotopic (exact) mass is 467 g/mol. The van der Waals surface area contributed by atoms with Crippen LogP contribution in [0.5, 0.6) is 11.5 Å². The summed E-state index contributed by atoms with van der Waals surface area (Å²) in [6.45, 7) is 2.23. The van der Waals surface area contributed by atoms with E-state index in [1.54, 1.807) is 31.2 Å². The molecule has 168 valence electrons. The van der Waals surface area contributed by atoms with Crippen molar-refractivity contribution in [1.29, 1.82) is 0 Å². The third kappa shape index (κ3) is 6.34. The van der Waals surface area contributed by atoms with Gasteiger partial charge in [0.2, 0.25) is 0 Å². The summed E-state index contributed by atoms with van der Waals surface area (Å²) in [5, 5.41) is 4.21. The van der Waals surface area contributed by atoms with Crippen molar-refractivity contribution in [3.8, 4) is 11.5 Å². The minimum Gasteiger partial charge on any atom is -0.490 e. The molecule has 0 unspecified atom stereocenters. The highest BCUT2D eigenvalue weighted by atomic mass is 35.5. The van der Waals surface area contributed by atoms with Gasteiger partial charge < -0.3 is 9.47 Å². The lowest BCUT2D eigenvalue weighted by Crippen LogP contribution is -2.05. The van der Waals surface area contributed by atoms with Crippen molar-refractivity contribution in [2.75, 3.05) is 12.0 Å². The average molecular weight is 468 g/mol. The lowest BCUT2D eigenvalue weighted by molar-refractivity contribution is -0.137. The smallest absolute Gasteiger partial charge is 0.417 e. The number of halogens is 5. The molecule has 0 amide bonds. The van der Waals surface area contributed by atoms with Gasteiger partial charge in [-0.05, 0) is 54.4 Å². The standard InChI is InChI=1S/C22H18ClF4N3O2/c1-2-31-19-10-15(11-29-30-20-7-6-16(12-28-20)22(25,26)27)9-18(23)21(19)32-13-14-4-3-5-17(24)8-14/h3-12H,2,13H2,1H3,(H,28,30)/b29-11-. The molecule has 5 nitrogen and oxygen atoms in total. The molecule has 0 atom stereocenters. The Morgan fingerprint density at radius 2 is 1.94 bits per heavy atom. The quantitative estimate of drug-likeness (QED) is 0.239. The number of alkyl halides is 3. The van der Waals surface area contributed by atoms with Gasteiger partial charge in [0, 0.05) is 6.20 Å². The highest BCUT2D eigenvalue weighted by Gasteiger charge is 2.30. The van der Waals surface area contributed by atoms with Crippen molar-refractivity contribution < 1.29 is 27.0 Å². The summed E-state index contributed by atoms with van der Waals surface area (Å²) in [7, 11) is 0. The second-order valence-corrected chi connectivity index (χ2v) is 6.89. The van der Waals surface area contributed by atoms with E-state index in [4.69, 9.17) is 21.1 Å². The van der Waals surface area contributed by atoms with Gasteiger partial charge >= 0.3 is 6.18 Å². The van der Waals surface area contributed by atoms with Gasteiger partial charge in [0.05, 0.1) is 23.4 Å². The fraction of sp³-hybridized carbons (Fsp3) is 0.182. The second kappa shape index (κ2) is 10.3. The number of nitrogens with one attached hydrogen (secondary N) is 1. The van der Waals surface area contributed by atoms with E-state index in [9.17, 15) is 17.6 Å². The SMILES string of the molecule is CCOc1cc(/C=N\Nc2ccc(C(F)(F)F)cn2)cc(Cl)c1OCc1cccc(F)c1. The molecule has 0 saturated heterocycles. The van der Waals surface area contributed by atoms with Crippen molar-refractivity contribution in [2.45, 2.75) is 19.7 Å². The van der Waals surface area contributed by atoms with Gasteiger partial charge in [0.25, 0.3) is 0 Å². The van der Waals surface area contributed by atoms with Crippen LogP contribution in [0.1, 0.15) is 23.6 Å². The summed E-state index contributed by atoms with van der Waals surface area (Å²) in [4.78, 5) is 3.67. The first kappa shape index (κ1) is 23.3. The Kier molecular flexibility index (Phi) is 7.53. The number of aromatic nitrogens is 1. The molecule has 3 aromatic rings. The molecule has 10 heteroatoms. The molecule has 0 aliphatic heterocycles. The van der Waals surface area contributed by atoms with Crippen LogP contribution in [0.4, 0.5) is 23.4 Å². The Morgan fingerprint density at radius 3 is 2.59 bits per heavy atom. The van der Waals surface area contributed by atoms with Crippen molar-refractivity contribution in [1.82, 2.24) is 4.98 Å². The number of hydrazone groups is 1. The third-order valence-electron chi connectivity index (χ3n) is 4.09. The molecule has 2 aromatic carbocycles. The third-order valence-corrected chi connectivity index (χ3v) is 4.37. The summed E-state index contributed by atoms with van der Waals surface area (Å²) in [5.41, 5.74) is 2.88. The van der Waals surface area contributed by atoms with E-state index >= 15 is 0 Å². The molecule has 0 fully saturated rings.